The Bertz CT molecular complexity index is 446. The number of rotatable bonds is 4. The molecular weight excluding hydrogens is 222 g/mol. The van der Waals surface area contributed by atoms with Crippen molar-refractivity contribution >= 4 is 11.6 Å². The maximum absolute atomic E-state index is 11.8. The van der Waals surface area contributed by atoms with Crippen molar-refractivity contribution < 1.29 is 9.72 Å². The zero-order valence-electron chi connectivity index (χ0n) is 9.77. The van der Waals surface area contributed by atoms with E-state index in [9.17, 15) is 14.9 Å². The van der Waals surface area contributed by atoms with E-state index >= 15 is 0 Å². The molecule has 0 fully saturated rings. The van der Waals surface area contributed by atoms with Gasteiger partial charge in [-0.05, 0) is 25.5 Å². The monoisotopic (exact) mass is 237 g/mol. The maximum Gasteiger partial charge on any atom is 0.282 e. The highest BCUT2D eigenvalue weighted by molar-refractivity contribution is 5.98. The first-order chi connectivity index (χ1) is 7.95. The molecule has 0 spiro atoms. The van der Waals surface area contributed by atoms with E-state index in [0.717, 1.165) is 5.56 Å². The molecule has 3 N–H and O–H groups in total. The topological polar surface area (TPSA) is 98.3 Å². The van der Waals surface area contributed by atoms with Gasteiger partial charge in [0.25, 0.3) is 11.6 Å². The van der Waals surface area contributed by atoms with Crippen molar-refractivity contribution in [3.63, 3.8) is 0 Å². The number of nitro groups is 1. The Hall–Kier alpha value is -1.95. The smallest absolute Gasteiger partial charge is 0.282 e. The fourth-order valence-electron chi connectivity index (χ4n) is 1.35. The van der Waals surface area contributed by atoms with Crippen LogP contribution in [0.25, 0.3) is 0 Å². The zero-order valence-corrected chi connectivity index (χ0v) is 9.77. The molecule has 17 heavy (non-hydrogen) atoms. The summed E-state index contributed by atoms with van der Waals surface area (Å²) in [5, 5.41) is 13.4. The summed E-state index contributed by atoms with van der Waals surface area (Å²) in [6.07, 6.45) is 0. The summed E-state index contributed by atoms with van der Waals surface area (Å²) < 4.78 is 0. The third-order valence-electron chi connectivity index (χ3n) is 2.32. The van der Waals surface area contributed by atoms with Crippen LogP contribution in [0.5, 0.6) is 0 Å². The minimum absolute atomic E-state index is 0.0651. The second kappa shape index (κ2) is 5.40. The van der Waals surface area contributed by atoms with Gasteiger partial charge < -0.3 is 11.1 Å². The average Bonchev–Trinajstić information content (AvgIpc) is 2.28. The van der Waals surface area contributed by atoms with Gasteiger partial charge in [0, 0.05) is 18.7 Å². The van der Waals surface area contributed by atoms with Crippen molar-refractivity contribution in [3.05, 3.63) is 39.4 Å². The zero-order chi connectivity index (χ0) is 13.0. The first kappa shape index (κ1) is 13.1. The van der Waals surface area contributed by atoms with Gasteiger partial charge in [0.05, 0.1) is 4.92 Å². The summed E-state index contributed by atoms with van der Waals surface area (Å²) >= 11 is 0. The van der Waals surface area contributed by atoms with Crippen molar-refractivity contribution in [2.75, 3.05) is 6.54 Å². The SMILES string of the molecule is Cc1ccc([N+](=O)[O-])c(C(=O)N[C@H](C)CN)c1. The Morgan fingerprint density at radius 1 is 1.59 bits per heavy atom. The van der Waals surface area contributed by atoms with Gasteiger partial charge in [-0.2, -0.15) is 0 Å². The van der Waals surface area contributed by atoms with Crippen LogP contribution in [0, 0.1) is 17.0 Å². The van der Waals surface area contributed by atoms with E-state index < -0.39 is 10.8 Å². The van der Waals surface area contributed by atoms with Crippen LogP contribution in [0.4, 0.5) is 5.69 Å². The third kappa shape index (κ3) is 3.25. The lowest BCUT2D eigenvalue weighted by atomic mass is 10.1. The molecule has 0 aromatic heterocycles. The molecule has 1 aromatic carbocycles. The number of benzene rings is 1. The van der Waals surface area contributed by atoms with Gasteiger partial charge in [-0.3, -0.25) is 14.9 Å². The number of nitrogens with one attached hydrogen (secondary N) is 1. The van der Waals surface area contributed by atoms with E-state index in [-0.39, 0.29) is 23.8 Å². The summed E-state index contributed by atoms with van der Waals surface area (Å²) in [5.41, 5.74) is 6.04. The second-order valence-corrected chi connectivity index (χ2v) is 3.89. The van der Waals surface area contributed by atoms with Crippen LogP contribution in [0.1, 0.15) is 22.8 Å². The van der Waals surface area contributed by atoms with Crippen LogP contribution in [-0.2, 0) is 0 Å². The normalized spacial score (nSPS) is 11.9. The van der Waals surface area contributed by atoms with E-state index in [4.69, 9.17) is 5.73 Å². The third-order valence-corrected chi connectivity index (χ3v) is 2.32. The molecule has 1 amide bonds. The van der Waals surface area contributed by atoms with Crippen molar-refractivity contribution in [3.8, 4) is 0 Å². The number of hydrogen-bond acceptors (Lipinski definition) is 4. The average molecular weight is 237 g/mol. The van der Waals surface area contributed by atoms with Gasteiger partial charge in [-0.1, -0.05) is 6.07 Å². The first-order valence-corrected chi connectivity index (χ1v) is 5.21. The standard InChI is InChI=1S/C11H15N3O3/c1-7-3-4-10(14(16)17)9(5-7)11(15)13-8(2)6-12/h3-5,8H,6,12H2,1-2H3,(H,13,15)/t8-/m1/s1. The van der Waals surface area contributed by atoms with E-state index in [1.165, 1.54) is 12.1 Å². The highest BCUT2D eigenvalue weighted by Crippen LogP contribution is 2.19. The molecule has 0 radical (unpaired) electrons. The van der Waals surface area contributed by atoms with Crippen LogP contribution in [0.2, 0.25) is 0 Å². The molecular formula is C11H15N3O3. The Morgan fingerprint density at radius 3 is 2.76 bits per heavy atom. The van der Waals surface area contributed by atoms with Crippen molar-refractivity contribution in [2.45, 2.75) is 19.9 Å². The molecule has 6 heteroatoms. The number of carbonyl (C=O) groups is 1. The van der Waals surface area contributed by atoms with Gasteiger partial charge in [0.1, 0.15) is 5.56 Å². The lowest BCUT2D eigenvalue weighted by Gasteiger charge is -2.11. The van der Waals surface area contributed by atoms with Crippen molar-refractivity contribution in [1.82, 2.24) is 5.32 Å². The van der Waals surface area contributed by atoms with Crippen LogP contribution in [0.15, 0.2) is 18.2 Å². The van der Waals surface area contributed by atoms with Crippen molar-refractivity contribution in [2.24, 2.45) is 5.73 Å². The highest BCUT2D eigenvalue weighted by atomic mass is 16.6. The number of nitrogens with two attached hydrogens (primary N) is 1. The number of carbonyl (C=O) groups excluding carboxylic acids is 1. The Morgan fingerprint density at radius 2 is 2.24 bits per heavy atom. The molecule has 1 aromatic rings. The van der Waals surface area contributed by atoms with Gasteiger partial charge in [-0.15, -0.1) is 0 Å². The van der Waals surface area contributed by atoms with Gasteiger partial charge in [-0.25, -0.2) is 0 Å². The number of amides is 1. The van der Waals surface area contributed by atoms with E-state index in [1.54, 1.807) is 19.9 Å². The molecule has 0 aliphatic heterocycles. The van der Waals surface area contributed by atoms with Gasteiger partial charge in [0.2, 0.25) is 0 Å². The summed E-state index contributed by atoms with van der Waals surface area (Å²) in [6.45, 7) is 3.79. The highest BCUT2D eigenvalue weighted by Gasteiger charge is 2.20. The molecule has 0 bridgehead atoms. The van der Waals surface area contributed by atoms with E-state index in [1.807, 2.05) is 0 Å². The van der Waals surface area contributed by atoms with Crippen LogP contribution in [0.3, 0.4) is 0 Å². The molecule has 0 aliphatic rings. The predicted molar refractivity (Wildman–Crippen MR) is 63.8 cm³/mol. The largest absolute Gasteiger partial charge is 0.348 e. The van der Waals surface area contributed by atoms with Crippen LogP contribution in [-0.4, -0.2) is 23.4 Å². The Kier molecular flexibility index (Phi) is 4.17. The summed E-state index contributed by atoms with van der Waals surface area (Å²) in [4.78, 5) is 22.0. The molecule has 0 heterocycles. The van der Waals surface area contributed by atoms with E-state index in [0.29, 0.717) is 0 Å². The lowest BCUT2D eigenvalue weighted by molar-refractivity contribution is -0.385. The minimum Gasteiger partial charge on any atom is -0.348 e. The first-order valence-electron chi connectivity index (χ1n) is 5.21. The van der Waals surface area contributed by atoms with E-state index in [2.05, 4.69) is 5.32 Å². The van der Waals surface area contributed by atoms with Crippen LogP contribution >= 0.6 is 0 Å². The molecule has 0 unspecified atom stereocenters. The Labute approximate surface area is 99.0 Å². The van der Waals surface area contributed by atoms with Gasteiger partial charge in [0.15, 0.2) is 0 Å². The second-order valence-electron chi connectivity index (χ2n) is 3.89. The predicted octanol–water partition coefficient (Wildman–Crippen LogP) is 0.980. The number of aryl methyl sites for hydroxylation is 1. The quantitative estimate of drug-likeness (QED) is 0.602. The lowest BCUT2D eigenvalue weighted by Crippen LogP contribution is -2.38. The number of hydrogen-bond donors (Lipinski definition) is 2. The molecule has 6 nitrogen and oxygen atoms in total. The summed E-state index contributed by atoms with van der Waals surface area (Å²) in [6, 6.07) is 4.21. The summed E-state index contributed by atoms with van der Waals surface area (Å²) in [5.74, 6) is -0.474. The molecule has 0 aliphatic carbocycles. The Balaban J connectivity index is 3.06. The van der Waals surface area contributed by atoms with Gasteiger partial charge >= 0.3 is 0 Å². The molecule has 0 saturated heterocycles. The maximum atomic E-state index is 11.8. The molecule has 1 rings (SSSR count). The van der Waals surface area contributed by atoms with Crippen LogP contribution < -0.4 is 11.1 Å². The molecule has 1 atom stereocenters. The fraction of sp³-hybridized carbons (Fsp3) is 0.364. The summed E-state index contributed by atoms with van der Waals surface area (Å²) in [7, 11) is 0. The number of nitro benzene ring substituents is 1. The fourth-order valence-corrected chi connectivity index (χ4v) is 1.35. The van der Waals surface area contributed by atoms with Crippen molar-refractivity contribution in [1.29, 1.82) is 0 Å². The number of nitrogens with zero attached hydrogens (tertiary/aromatic N) is 1. The molecule has 0 saturated carbocycles. The minimum atomic E-state index is -0.568. The molecule has 92 valence electrons.